The lowest BCUT2D eigenvalue weighted by Crippen LogP contribution is -2.13. The minimum Gasteiger partial charge on any atom is -0.399 e. The van der Waals surface area contributed by atoms with Crippen molar-refractivity contribution in [1.29, 1.82) is 0 Å². The van der Waals surface area contributed by atoms with Crippen LogP contribution in [0.25, 0.3) is 0 Å². The quantitative estimate of drug-likeness (QED) is 0.553. The molecule has 0 fully saturated rings. The Morgan fingerprint density at radius 3 is 2.68 bits per heavy atom. The van der Waals surface area contributed by atoms with Gasteiger partial charge in [0.2, 0.25) is 0 Å². The molecule has 0 heterocycles. The van der Waals surface area contributed by atoms with Crippen molar-refractivity contribution in [2.75, 3.05) is 11.1 Å². The van der Waals surface area contributed by atoms with E-state index < -0.39 is 5.82 Å². The Morgan fingerprint density at radius 2 is 2.00 bits per heavy atom. The van der Waals surface area contributed by atoms with Crippen molar-refractivity contribution >= 4 is 55.8 Å². The molecule has 0 saturated carbocycles. The Hall–Kier alpha value is -1.15. The van der Waals surface area contributed by atoms with Crippen molar-refractivity contribution < 1.29 is 9.18 Å². The molecule has 2 aromatic rings. The largest absolute Gasteiger partial charge is 0.399 e. The van der Waals surface area contributed by atoms with Gasteiger partial charge in [-0.15, -0.1) is 0 Å². The molecule has 0 saturated heterocycles. The standard InChI is InChI=1S/C13H9BrFIN2O/c14-7-1-2-12(16)11(3-7)13(19)18-10-5-8(15)4-9(17)6-10/h1-6H,17H2,(H,18,19). The highest BCUT2D eigenvalue weighted by molar-refractivity contribution is 14.1. The van der Waals surface area contributed by atoms with E-state index in [1.165, 1.54) is 18.2 Å². The molecule has 0 unspecified atom stereocenters. The molecule has 19 heavy (non-hydrogen) atoms. The van der Waals surface area contributed by atoms with Crippen molar-refractivity contribution in [3.05, 3.63) is 55.8 Å². The van der Waals surface area contributed by atoms with Gasteiger partial charge in [0.05, 0.1) is 5.56 Å². The number of hydrogen-bond donors (Lipinski definition) is 2. The van der Waals surface area contributed by atoms with Crippen LogP contribution in [0.15, 0.2) is 40.9 Å². The van der Waals surface area contributed by atoms with Crippen molar-refractivity contribution in [2.24, 2.45) is 0 Å². The van der Waals surface area contributed by atoms with Crippen molar-refractivity contribution in [3.8, 4) is 0 Å². The highest BCUT2D eigenvalue weighted by Crippen LogP contribution is 2.21. The van der Waals surface area contributed by atoms with Gasteiger partial charge >= 0.3 is 0 Å². The van der Waals surface area contributed by atoms with Gasteiger partial charge in [0.15, 0.2) is 0 Å². The molecule has 2 aromatic carbocycles. The monoisotopic (exact) mass is 434 g/mol. The zero-order valence-electron chi connectivity index (χ0n) is 9.58. The summed E-state index contributed by atoms with van der Waals surface area (Å²) in [5.41, 5.74) is 6.63. The van der Waals surface area contributed by atoms with Crippen LogP contribution in [0, 0.1) is 9.39 Å². The van der Waals surface area contributed by atoms with Crippen molar-refractivity contribution in [1.82, 2.24) is 0 Å². The molecule has 1 amide bonds. The Labute approximate surface area is 131 Å². The lowest BCUT2D eigenvalue weighted by molar-refractivity contribution is 0.102. The Morgan fingerprint density at radius 1 is 1.26 bits per heavy atom. The molecule has 0 bridgehead atoms. The fourth-order valence-corrected chi connectivity index (χ4v) is 2.50. The molecule has 2 rings (SSSR count). The summed E-state index contributed by atoms with van der Waals surface area (Å²) < 4.78 is 14.8. The van der Waals surface area contributed by atoms with Crippen LogP contribution < -0.4 is 11.1 Å². The number of nitrogens with one attached hydrogen (secondary N) is 1. The van der Waals surface area contributed by atoms with E-state index in [0.717, 1.165) is 8.04 Å². The van der Waals surface area contributed by atoms with Gasteiger partial charge in [0, 0.05) is 19.4 Å². The van der Waals surface area contributed by atoms with Crippen LogP contribution in [0.4, 0.5) is 15.8 Å². The fraction of sp³-hybridized carbons (Fsp3) is 0. The molecule has 3 N–H and O–H groups in total. The molecule has 0 radical (unpaired) electrons. The summed E-state index contributed by atoms with van der Waals surface area (Å²) in [6.45, 7) is 0. The first-order valence-electron chi connectivity index (χ1n) is 5.28. The van der Waals surface area contributed by atoms with Gasteiger partial charge in [-0.05, 0) is 59.0 Å². The number of hydrogen-bond acceptors (Lipinski definition) is 2. The second-order valence-electron chi connectivity index (χ2n) is 3.85. The highest BCUT2D eigenvalue weighted by atomic mass is 127. The number of halogens is 3. The first kappa shape index (κ1) is 14.3. The average molecular weight is 435 g/mol. The molecule has 98 valence electrons. The molecule has 0 aliphatic carbocycles. The lowest BCUT2D eigenvalue weighted by Gasteiger charge is -2.08. The Bertz CT molecular complexity index is 628. The van der Waals surface area contributed by atoms with Gasteiger partial charge in [-0.2, -0.15) is 0 Å². The van der Waals surface area contributed by atoms with E-state index in [9.17, 15) is 9.18 Å². The first-order chi connectivity index (χ1) is 8.95. The number of carbonyl (C=O) groups is 1. The third-order valence-electron chi connectivity index (χ3n) is 2.35. The zero-order chi connectivity index (χ0) is 14.0. The van der Waals surface area contributed by atoms with E-state index in [1.54, 1.807) is 6.07 Å². The van der Waals surface area contributed by atoms with E-state index >= 15 is 0 Å². The number of benzene rings is 2. The van der Waals surface area contributed by atoms with Crippen LogP contribution in [-0.2, 0) is 0 Å². The predicted octanol–water partition coefficient (Wildman–Crippen LogP) is 4.03. The van der Waals surface area contributed by atoms with Crippen LogP contribution in [0.1, 0.15) is 10.4 Å². The lowest BCUT2D eigenvalue weighted by atomic mass is 10.2. The average Bonchev–Trinajstić information content (AvgIpc) is 2.30. The minimum absolute atomic E-state index is 0.263. The van der Waals surface area contributed by atoms with E-state index in [0.29, 0.717) is 11.3 Å². The summed E-state index contributed by atoms with van der Waals surface area (Å²) in [4.78, 5) is 12.1. The number of carbonyl (C=O) groups excluding carboxylic acids is 1. The summed E-state index contributed by atoms with van der Waals surface area (Å²) in [7, 11) is 0. The zero-order valence-corrected chi connectivity index (χ0v) is 13.3. The van der Waals surface area contributed by atoms with Gasteiger partial charge < -0.3 is 11.1 Å². The Kier molecular flexibility index (Phi) is 4.41. The molecule has 0 atom stereocenters. The summed E-state index contributed by atoms with van der Waals surface area (Å²) in [6, 6.07) is 9.29. The normalized spacial score (nSPS) is 10.3. The van der Waals surface area contributed by atoms with E-state index in [1.807, 2.05) is 12.1 Å². The second kappa shape index (κ2) is 5.87. The van der Waals surface area contributed by atoms with Crippen LogP contribution in [-0.4, -0.2) is 5.91 Å². The summed E-state index contributed by atoms with van der Waals surface area (Å²) >= 11 is 5.38. The smallest absolute Gasteiger partial charge is 0.256 e. The van der Waals surface area contributed by atoms with Crippen molar-refractivity contribution in [2.45, 2.75) is 0 Å². The van der Waals surface area contributed by atoms with E-state index in [4.69, 9.17) is 5.73 Å². The molecule has 0 aliphatic rings. The van der Waals surface area contributed by atoms with Gasteiger partial charge in [-0.25, -0.2) is 4.39 Å². The number of nitrogens with two attached hydrogens (primary N) is 1. The molecule has 0 spiro atoms. The maximum absolute atomic E-state index is 13.2. The summed E-state index contributed by atoms with van der Waals surface area (Å²) in [5.74, 6) is -0.796. The van der Waals surface area contributed by atoms with E-state index in [-0.39, 0.29) is 11.6 Å². The van der Waals surface area contributed by atoms with Crippen LogP contribution in [0.5, 0.6) is 0 Å². The highest BCUT2D eigenvalue weighted by Gasteiger charge is 2.11. The maximum Gasteiger partial charge on any atom is 0.256 e. The Balaban J connectivity index is 2.28. The number of nitrogen functional groups attached to an aromatic ring is 1. The first-order valence-corrected chi connectivity index (χ1v) is 7.15. The molecule has 0 aliphatic heterocycles. The van der Waals surface area contributed by atoms with Gasteiger partial charge in [-0.3, -0.25) is 4.79 Å². The molecule has 6 heteroatoms. The van der Waals surface area contributed by atoms with Crippen LogP contribution in [0.3, 0.4) is 0 Å². The summed E-state index contributed by atoms with van der Waals surface area (Å²) in [5, 5.41) is 2.62. The van der Waals surface area contributed by atoms with Crippen molar-refractivity contribution in [3.63, 3.8) is 0 Å². The maximum atomic E-state index is 13.2. The molecular formula is C13H9BrFIN2O. The second-order valence-corrected chi connectivity index (χ2v) is 5.93. The van der Waals surface area contributed by atoms with Crippen LogP contribution >= 0.6 is 38.5 Å². The van der Waals surface area contributed by atoms with Gasteiger partial charge in [-0.1, -0.05) is 15.9 Å². The molecule has 3 nitrogen and oxygen atoms in total. The molecular weight excluding hydrogens is 426 g/mol. The number of rotatable bonds is 2. The van der Waals surface area contributed by atoms with Crippen LogP contribution in [0.2, 0.25) is 0 Å². The third kappa shape index (κ3) is 3.66. The predicted molar refractivity (Wildman–Crippen MR) is 85.6 cm³/mol. The van der Waals surface area contributed by atoms with Gasteiger partial charge in [0.1, 0.15) is 5.82 Å². The number of anilines is 2. The number of amides is 1. The fourth-order valence-electron chi connectivity index (χ4n) is 1.55. The van der Waals surface area contributed by atoms with Gasteiger partial charge in [0.25, 0.3) is 5.91 Å². The molecule has 0 aromatic heterocycles. The summed E-state index contributed by atoms with van der Waals surface area (Å²) in [6.07, 6.45) is 0. The SMILES string of the molecule is Nc1cc(F)cc(NC(=O)c2cc(Br)ccc2I)c1. The third-order valence-corrected chi connectivity index (χ3v) is 3.78. The topological polar surface area (TPSA) is 55.1 Å². The van der Waals surface area contributed by atoms with E-state index in [2.05, 4.69) is 43.8 Å². The minimum atomic E-state index is -0.487.